The molecule has 128 valence electrons. The van der Waals surface area contributed by atoms with Gasteiger partial charge in [0.05, 0.1) is 24.9 Å². The zero-order chi connectivity index (χ0) is 17.5. The maximum atomic E-state index is 12.4. The number of furan rings is 1. The first-order valence-electron chi connectivity index (χ1n) is 7.05. The van der Waals surface area contributed by atoms with Crippen molar-refractivity contribution in [1.82, 2.24) is 10.2 Å². The molecule has 1 aromatic heterocycles. The van der Waals surface area contributed by atoms with E-state index in [0.717, 1.165) is 4.90 Å². The molecule has 24 heavy (non-hydrogen) atoms. The quantitative estimate of drug-likeness (QED) is 0.841. The van der Waals surface area contributed by atoms with Crippen LogP contribution in [-0.4, -0.2) is 36.9 Å². The van der Waals surface area contributed by atoms with Crippen molar-refractivity contribution in [2.45, 2.75) is 13.2 Å². The molecule has 0 saturated carbocycles. The van der Waals surface area contributed by atoms with Gasteiger partial charge in [0.1, 0.15) is 11.5 Å². The number of halogens is 2. The number of benzene rings is 1. The van der Waals surface area contributed by atoms with Crippen LogP contribution in [0.15, 0.2) is 47.1 Å². The van der Waals surface area contributed by atoms with E-state index in [1.165, 1.54) is 37.6 Å². The van der Waals surface area contributed by atoms with Gasteiger partial charge in [-0.05, 0) is 24.3 Å². The number of alkyl halides is 2. The van der Waals surface area contributed by atoms with E-state index in [-0.39, 0.29) is 24.4 Å². The van der Waals surface area contributed by atoms with E-state index in [2.05, 4.69) is 10.1 Å². The lowest BCUT2D eigenvalue weighted by Gasteiger charge is -2.18. The molecule has 0 radical (unpaired) electrons. The summed E-state index contributed by atoms with van der Waals surface area (Å²) in [6.07, 6.45) is 1.48. The fourth-order valence-electron chi connectivity index (χ4n) is 1.99. The van der Waals surface area contributed by atoms with Gasteiger partial charge in [-0.25, -0.2) is 0 Å². The molecular weight excluding hydrogens is 322 g/mol. The second kappa shape index (κ2) is 8.09. The minimum Gasteiger partial charge on any atom is -0.467 e. The Morgan fingerprint density at radius 3 is 2.67 bits per heavy atom. The lowest BCUT2D eigenvalue weighted by atomic mass is 10.2. The third-order valence-corrected chi connectivity index (χ3v) is 3.10. The summed E-state index contributed by atoms with van der Waals surface area (Å²) in [7, 11) is 1.40. The van der Waals surface area contributed by atoms with Gasteiger partial charge in [0.2, 0.25) is 5.91 Å². The number of rotatable bonds is 7. The number of carbonyl (C=O) groups excluding carboxylic acids is 2. The fraction of sp³-hybridized carbons (Fsp3) is 0.250. The van der Waals surface area contributed by atoms with Crippen molar-refractivity contribution in [1.29, 1.82) is 0 Å². The standard InChI is InChI=1S/C16H16F2N2O4/c1-20(10-14(21)19-9-11-5-4-8-23-11)15(22)12-6-2-3-7-13(12)24-16(17)18/h2-8,16H,9-10H2,1H3,(H,19,21). The molecule has 0 aliphatic rings. The van der Waals surface area contributed by atoms with Crippen molar-refractivity contribution in [3.63, 3.8) is 0 Å². The predicted molar refractivity (Wildman–Crippen MR) is 80.6 cm³/mol. The Bertz CT molecular complexity index is 689. The Balaban J connectivity index is 1.95. The topological polar surface area (TPSA) is 71.8 Å². The number of nitrogens with one attached hydrogen (secondary N) is 1. The third kappa shape index (κ3) is 4.80. The van der Waals surface area contributed by atoms with Crippen LogP contribution in [0, 0.1) is 0 Å². The van der Waals surface area contributed by atoms with Crippen LogP contribution in [0.3, 0.4) is 0 Å². The molecule has 0 atom stereocenters. The molecule has 2 amide bonds. The second-order valence-electron chi connectivity index (χ2n) is 4.89. The minimum absolute atomic E-state index is 0.0425. The van der Waals surface area contributed by atoms with Crippen molar-refractivity contribution in [3.8, 4) is 5.75 Å². The van der Waals surface area contributed by atoms with Gasteiger partial charge in [0, 0.05) is 7.05 Å². The van der Waals surface area contributed by atoms with E-state index >= 15 is 0 Å². The Labute approximate surface area is 137 Å². The first kappa shape index (κ1) is 17.5. The number of amides is 2. The van der Waals surface area contributed by atoms with Crippen LogP contribution in [-0.2, 0) is 11.3 Å². The van der Waals surface area contributed by atoms with Crippen molar-refractivity contribution < 1.29 is 27.5 Å². The molecule has 1 aromatic carbocycles. The van der Waals surface area contributed by atoms with Gasteiger partial charge in [-0.2, -0.15) is 8.78 Å². The summed E-state index contributed by atoms with van der Waals surface area (Å²) in [5, 5.41) is 2.59. The number of carbonyl (C=O) groups is 2. The molecule has 1 heterocycles. The molecule has 0 aliphatic carbocycles. The lowest BCUT2D eigenvalue weighted by Crippen LogP contribution is -2.38. The molecule has 1 N–H and O–H groups in total. The van der Waals surface area contributed by atoms with E-state index in [1.54, 1.807) is 12.1 Å². The number of para-hydroxylation sites is 1. The molecule has 2 rings (SSSR count). The van der Waals surface area contributed by atoms with Crippen molar-refractivity contribution in [3.05, 3.63) is 54.0 Å². The normalized spacial score (nSPS) is 10.5. The molecule has 8 heteroatoms. The van der Waals surface area contributed by atoms with E-state index in [9.17, 15) is 18.4 Å². The zero-order valence-corrected chi connectivity index (χ0v) is 12.9. The van der Waals surface area contributed by atoms with E-state index in [4.69, 9.17) is 4.42 Å². The highest BCUT2D eigenvalue weighted by atomic mass is 19.3. The average molecular weight is 338 g/mol. The Hall–Kier alpha value is -2.90. The van der Waals surface area contributed by atoms with Crippen molar-refractivity contribution in [2.24, 2.45) is 0 Å². The highest BCUT2D eigenvalue weighted by molar-refractivity contribution is 5.98. The van der Waals surface area contributed by atoms with Crippen molar-refractivity contribution in [2.75, 3.05) is 13.6 Å². The highest BCUT2D eigenvalue weighted by Crippen LogP contribution is 2.21. The summed E-state index contributed by atoms with van der Waals surface area (Å²) in [6, 6.07) is 9.02. The van der Waals surface area contributed by atoms with E-state index < -0.39 is 18.4 Å². The van der Waals surface area contributed by atoms with Crippen LogP contribution in [0.1, 0.15) is 16.1 Å². The van der Waals surface area contributed by atoms with Crippen LogP contribution in [0.4, 0.5) is 8.78 Å². The van der Waals surface area contributed by atoms with E-state index in [1.807, 2.05) is 0 Å². The average Bonchev–Trinajstić information content (AvgIpc) is 3.05. The molecule has 0 bridgehead atoms. The van der Waals surface area contributed by atoms with Gasteiger partial charge >= 0.3 is 6.61 Å². The lowest BCUT2D eigenvalue weighted by molar-refractivity contribution is -0.121. The minimum atomic E-state index is -3.04. The number of hydrogen-bond donors (Lipinski definition) is 1. The molecular formula is C16H16F2N2O4. The number of hydrogen-bond acceptors (Lipinski definition) is 4. The van der Waals surface area contributed by atoms with Gasteiger partial charge in [-0.3, -0.25) is 9.59 Å². The van der Waals surface area contributed by atoms with Gasteiger partial charge in [0.25, 0.3) is 5.91 Å². The Morgan fingerprint density at radius 2 is 2.00 bits per heavy atom. The smallest absolute Gasteiger partial charge is 0.387 e. The zero-order valence-electron chi connectivity index (χ0n) is 12.9. The third-order valence-electron chi connectivity index (χ3n) is 3.10. The maximum absolute atomic E-state index is 12.4. The fourth-order valence-corrected chi connectivity index (χ4v) is 1.99. The molecule has 0 spiro atoms. The summed E-state index contributed by atoms with van der Waals surface area (Å²) in [5.74, 6) is -0.665. The van der Waals surface area contributed by atoms with Crippen molar-refractivity contribution >= 4 is 11.8 Å². The van der Waals surface area contributed by atoms with Crippen LogP contribution >= 0.6 is 0 Å². The molecule has 0 saturated heterocycles. The Morgan fingerprint density at radius 1 is 1.25 bits per heavy atom. The molecule has 0 unspecified atom stereocenters. The first-order chi connectivity index (χ1) is 11.5. The summed E-state index contributed by atoms with van der Waals surface area (Å²) >= 11 is 0. The second-order valence-corrected chi connectivity index (χ2v) is 4.89. The largest absolute Gasteiger partial charge is 0.467 e. The highest BCUT2D eigenvalue weighted by Gasteiger charge is 2.20. The molecule has 0 aliphatic heterocycles. The number of nitrogens with zero attached hydrogens (tertiary/aromatic N) is 1. The molecule has 0 fully saturated rings. The summed E-state index contributed by atoms with van der Waals surface area (Å²) in [6.45, 7) is -3.08. The number of likely N-dealkylation sites (N-methyl/N-ethyl adjacent to an activating group) is 1. The maximum Gasteiger partial charge on any atom is 0.387 e. The van der Waals surface area contributed by atoms with Crippen LogP contribution in [0.25, 0.3) is 0 Å². The molecule has 6 nitrogen and oxygen atoms in total. The van der Waals surface area contributed by atoms with Crippen LogP contribution < -0.4 is 10.1 Å². The van der Waals surface area contributed by atoms with Gasteiger partial charge in [0.15, 0.2) is 0 Å². The van der Waals surface area contributed by atoms with Gasteiger partial charge in [-0.1, -0.05) is 12.1 Å². The van der Waals surface area contributed by atoms with E-state index in [0.29, 0.717) is 5.76 Å². The van der Waals surface area contributed by atoms with Crippen LogP contribution in [0.5, 0.6) is 5.75 Å². The van der Waals surface area contributed by atoms with Crippen LogP contribution in [0.2, 0.25) is 0 Å². The summed E-state index contributed by atoms with van der Waals surface area (Å²) in [4.78, 5) is 25.3. The SMILES string of the molecule is CN(CC(=O)NCc1ccco1)C(=O)c1ccccc1OC(F)F. The summed E-state index contributed by atoms with van der Waals surface area (Å²) < 4.78 is 34.2. The van der Waals surface area contributed by atoms with Gasteiger partial charge < -0.3 is 19.4 Å². The predicted octanol–water partition coefficient (Wildman–Crippen LogP) is 2.27. The monoisotopic (exact) mass is 338 g/mol. The molecule has 2 aromatic rings. The number of ether oxygens (including phenoxy) is 1. The Kier molecular flexibility index (Phi) is 5.89. The summed E-state index contributed by atoms with van der Waals surface area (Å²) in [5.41, 5.74) is -0.0425. The first-order valence-corrected chi connectivity index (χ1v) is 7.05. The van der Waals surface area contributed by atoms with Gasteiger partial charge in [-0.15, -0.1) is 0 Å².